The van der Waals surface area contributed by atoms with Crippen LogP contribution in [0.25, 0.3) is 11.3 Å². The van der Waals surface area contributed by atoms with Gasteiger partial charge in [0.15, 0.2) is 6.61 Å². The zero-order chi connectivity index (χ0) is 22.4. The van der Waals surface area contributed by atoms with Crippen molar-refractivity contribution < 1.29 is 28.6 Å². The molecule has 0 bridgehead atoms. The Morgan fingerprint density at radius 3 is 2.55 bits per heavy atom. The lowest BCUT2D eigenvalue weighted by Gasteiger charge is -2.08. The number of hydrogen-bond donors (Lipinski definition) is 2. The first-order chi connectivity index (χ1) is 14.9. The summed E-state index contributed by atoms with van der Waals surface area (Å²) >= 11 is 0. The van der Waals surface area contributed by atoms with Crippen molar-refractivity contribution in [1.82, 2.24) is 16.0 Å². The lowest BCUT2D eigenvalue weighted by Crippen LogP contribution is -2.43. The number of hydrogen-bond acceptors (Lipinski definition) is 8. The second-order valence-corrected chi connectivity index (χ2v) is 6.21. The topological polar surface area (TPSA) is 154 Å². The van der Waals surface area contributed by atoms with Gasteiger partial charge in [0.05, 0.1) is 4.92 Å². The maximum Gasteiger partial charge on any atom is 0.344 e. The number of nitrogens with one attached hydrogen (secondary N) is 2. The average Bonchev–Trinajstić information content (AvgIpc) is 3.17. The molecule has 2 N–H and O–H groups in total. The molecule has 11 nitrogen and oxygen atoms in total. The highest BCUT2D eigenvalue weighted by Crippen LogP contribution is 2.25. The van der Waals surface area contributed by atoms with Crippen molar-refractivity contribution in [2.45, 2.75) is 6.92 Å². The van der Waals surface area contributed by atoms with Gasteiger partial charge in [-0.3, -0.25) is 30.6 Å². The lowest BCUT2D eigenvalue weighted by molar-refractivity contribution is -0.384. The van der Waals surface area contributed by atoms with Crippen LogP contribution in [0, 0.1) is 17.0 Å². The Bertz CT molecular complexity index is 1140. The minimum absolute atomic E-state index is 0.0286. The summed E-state index contributed by atoms with van der Waals surface area (Å²) in [6, 6.07) is 13.8. The average molecular weight is 424 g/mol. The number of carbonyl (C=O) groups is 3. The van der Waals surface area contributed by atoms with Gasteiger partial charge in [-0.1, -0.05) is 41.6 Å². The Morgan fingerprint density at radius 1 is 1.10 bits per heavy atom. The van der Waals surface area contributed by atoms with E-state index < -0.39 is 29.3 Å². The van der Waals surface area contributed by atoms with Gasteiger partial charge >= 0.3 is 5.97 Å². The number of non-ortho nitro benzene ring substituents is 1. The standard InChI is InChI=1S/C20H16N4O7/c1-12-17(18(23-31-12)13-6-3-2-4-7-13)20(27)30-11-16(25)21-22-19(26)14-8-5-9-15(10-14)24(28)29/h2-10H,11H2,1H3,(H,21,25)(H,22,26). The second kappa shape index (κ2) is 9.31. The van der Waals surface area contributed by atoms with Crippen LogP contribution in [0.15, 0.2) is 59.1 Å². The molecule has 0 aliphatic carbocycles. The van der Waals surface area contributed by atoms with Crippen LogP contribution in [0.5, 0.6) is 0 Å². The van der Waals surface area contributed by atoms with Crippen LogP contribution in [0.3, 0.4) is 0 Å². The molecule has 0 aliphatic rings. The van der Waals surface area contributed by atoms with Crippen molar-refractivity contribution in [2.75, 3.05) is 6.61 Å². The molecule has 0 radical (unpaired) electrons. The predicted molar refractivity (Wildman–Crippen MR) is 106 cm³/mol. The Labute approximate surface area is 175 Å². The maximum absolute atomic E-state index is 12.4. The van der Waals surface area contributed by atoms with E-state index in [0.717, 1.165) is 6.07 Å². The molecule has 1 aromatic heterocycles. The second-order valence-electron chi connectivity index (χ2n) is 6.21. The van der Waals surface area contributed by atoms with Crippen LogP contribution in [-0.4, -0.2) is 34.5 Å². The molecule has 2 aromatic carbocycles. The minimum Gasteiger partial charge on any atom is -0.452 e. The van der Waals surface area contributed by atoms with E-state index in [4.69, 9.17) is 9.26 Å². The van der Waals surface area contributed by atoms with E-state index in [1.54, 1.807) is 30.3 Å². The van der Waals surface area contributed by atoms with Gasteiger partial charge in [0.1, 0.15) is 17.0 Å². The first-order valence-electron chi connectivity index (χ1n) is 8.89. The summed E-state index contributed by atoms with van der Waals surface area (Å²) in [5.41, 5.74) is 4.86. The summed E-state index contributed by atoms with van der Waals surface area (Å²) in [5, 5.41) is 14.6. The molecule has 0 aliphatic heterocycles. The van der Waals surface area contributed by atoms with E-state index in [1.165, 1.54) is 25.1 Å². The zero-order valence-corrected chi connectivity index (χ0v) is 16.2. The molecule has 3 rings (SSSR count). The highest BCUT2D eigenvalue weighted by molar-refractivity contribution is 5.98. The Morgan fingerprint density at radius 2 is 1.84 bits per heavy atom. The molecule has 0 unspecified atom stereocenters. The SMILES string of the molecule is Cc1onc(-c2ccccc2)c1C(=O)OCC(=O)NNC(=O)c1cccc([N+](=O)[O-])c1. The largest absolute Gasteiger partial charge is 0.452 e. The molecule has 11 heteroatoms. The van der Waals surface area contributed by atoms with Crippen molar-refractivity contribution in [3.8, 4) is 11.3 Å². The first kappa shape index (κ1) is 21.2. The Hall–Kier alpha value is -4.54. The quantitative estimate of drug-likeness (QED) is 0.347. The van der Waals surface area contributed by atoms with Crippen LogP contribution >= 0.6 is 0 Å². The molecule has 0 atom stereocenters. The van der Waals surface area contributed by atoms with E-state index in [-0.39, 0.29) is 28.3 Å². The Kier molecular flexibility index (Phi) is 6.36. The van der Waals surface area contributed by atoms with E-state index in [2.05, 4.69) is 16.0 Å². The molecule has 3 aromatic rings. The number of aromatic nitrogens is 1. The summed E-state index contributed by atoms with van der Waals surface area (Å²) in [6.07, 6.45) is 0. The van der Waals surface area contributed by atoms with Gasteiger partial charge in [-0.2, -0.15) is 0 Å². The fourth-order valence-corrected chi connectivity index (χ4v) is 2.60. The summed E-state index contributed by atoms with van der Waals surface area (Å²) < 4.78 is 10.1. The van der Waals surface area contributed by atoms with E-state index in [0.29, 0.717) is 5.56 Å². The molecule has 31 heavy (non-hydrogen) atoms. The third kappa shape index (κ3) is 5.09. The fraction of sp³-hybridized carbons (Fsp3) is 0.100. The van der Waals surface area contributed by atoms with Gasteiger partial charge in [-0.15, -0.1) is 0 Å². The number of amides is 2. The highest BCUT2D eigenvalue weighted by atomic mass is 16.6. The number of hydrazine groups is 1. The molecule has 0 saturated carbocycles. The number of carbonyl (C=O) groups excluding carboxylic acids is 3. The number of nitro benzene ring substituents is 1. The molecule has 0 fully saturated rings. The lowest BCUT2D eigenvalue weighted by atomic mass is 10.1. The van der Waals surface area contributed by atoms with Crippen LogP contribution in [0.1, 0.15) is 26.5 Å². The molecule has 158 valence electrons. The van der Waals surface area contributed by atoms with Gasteiger partial charge in [-0.25, -0.2) is 4.79 Å². The minimum atomic E-state index is -0.822. The molecular weight excluding hydrogens is 408 g/mol. The maximum atomic E-state index is 12.4. The summed E-state index contributed by atoms with van der Waals surface area (Å²) in [7, 11) is 0. The number of ether oxygens (including phenoxy) is 1. The fourth-order valence-electron chi connectivity index (χ4n) is 2.60. The number of nitro groups is 1. The van der Waals surface area contributed by atoms with Gasteiger partial charge in [-0.05, 0) is 13.0 Å². The third-order valence-corrected chi connectivity index (χ3v) is 4.08. The van der Waals surface area contributed by atoms with Crippen molar-refractivity contribution in [3.63, 3.8) is 0 Å². The molecule has 0 saturated heterocycles. The normalized spacial score (nSPS) is 10.2. The molecule has 2 amide bonds. The molecular formula is C20H16N4O7. The summed E-state index contributed by atoms with van der Waals surface area (Å²) in [4.78, 5) is 46.5. The monoisotopic (exact) mass is 424 g/mol. The number of aryl methyl sites for hydroxylation is 1. The van der Waals surface area contributed by atoms with Crippen LogP contribution < -0.4 is 10.9 Å². The van der Waals surface area contributed by atoms with Gasteiger partial charge in [0.25, 0.3) is 17.5 Å². The third-order valence-electron chi connectivity index (χ3n) is 4.08. The van der Waals surface area contributed by atoms with Crippen molar-refractivity contribution in [3.05, 3.63) is 81.6 Å². The van der Waals surface area contributed by atoms with Gasteiger partial charge < -0.3 is 9.26 Å². The van der Waals surface area contributed by atoms with E-state index in [1.807, 2.05) is 0 Å². The van der Waals surface area contributed by atoms with Gasteiger partial charge in [0, 0.05) is 23.3 Å². The number of nitrogens with zero attached hydrogens (tertiary/aromatic N) is 2. The van der Waals surface area contributed by atoms with Crippen LogP contribution in [0.2, 0.25) is 0 Å². The van der Waals surface area contributed by atoms with Crippen molar-refractivity contribution >= 4 is 23.5 Å². The molecule has 1 heterocycles. The molecule has 0 spiro atoms. The predicted octanol–water partition coefficient (Wildman–Crippen LogP) is 2.18. The highest BCUT2D eigenvalue weighted by Gasteiger charge is 2.23. The van der Waals surface area contributed by atoms with Crippen LogP contribution in [-0.2, 0) is 9.53 Å². The smallest absolute Gasteiger partial charge is 0.344 e. The Balaban J connectivity index is 1.56. The van der Waals surface area contributed by atoms with Gasteiger partial charge in [0.2, 0.25) is 0 Å². The van der Waals surface area contributed by atoms with E-state index in [9.17, 15) is 24.5 Å². The number of benzene rings is 2. The number of esters is 1. The van der Waals surface area contributed by atoms with Crippen molar-refractivity contribution in [2.24, 2.45) is 0 Å². The summed E-state index contributed by atoms with van der Waals surface area (Å²) in [5.74, 6) is -2.19. The first-order valence-corrected chi connectivity index (χ1v) is 8.89. The summed E-state index contributed by atoms with van der Waals surface area (Å²) in [6.45, 7) is 0.849. The van der Waals surface area contributed by atoms with E-state index >= 15 is 0 Å². The van der Waals surface area contributed by atoms with Crippen molar-refractivity contribution in [1.29, 1.82) is 0 Å². The van der Waals surface area contributed by atoms with Crippen LogP contribution in [0.4, 0.5) is 5.69 Å². The number of rotatable bonds is 6. The zero-order valence-electron chi connectivity index (χ0n) is 16.2.